The minimum Gasteiger partial charge on any atom is -0.382 e. The molecular weight excluding hydrogens is 306 g/mol. The lowest BCUT2D eigenvalue weighted by Crippen LogP contribution is -2.32. The van der Waals surface area contributed by atoms with Gasteiger partial charge in [-0.15, -0.1) is 0 Å². The van der Waals surface area contributed by atoms with E-state index in [1.807, 2.05) is 16.7 Å². The molecule has 0 radical (unpaired) electrons. The second kappa shape index (κ2) is 6.41. The zero-order valence-corrected chi connectivity index (χ0v) is 13.6. The van der Waals surface area contributed by atoms with E-state index in [1.54, 1.807) is 0 Å². The van der Waals surface area contributed by atoms with E-state index in [9.17, 15) is 4.79 Å². The largest absolute Gasteiger partial charge is 0.382 e. The molecule has 2 saturated heterocycles. The minimum absolute atomic E-state index is 0.0299. The molecule has 3 rings (SSSR count). The summed E-state index contributed by atoms with van der Waals surface area (Å²) in [6.45, 7) is 3.29. The number of nitrogens with two attached hydrogens (primary N) is 2. The molecule has 116 valence electrons. The Morgan fingerprint density at radius 3 is 2.90 bits per heavy atom. The Morgan fingerprint density at radius 2 is 2.14 bits per heavy atom. The first kappa shape index (κ1) is 14.9. The molecule has 0 aliphatic carbocycles. The van der Waals surface area contributed by atoms with E-state index in [-0.39, 0.29) is 11.9 Å². The van der Waals surface area contributed by atoms with Crippen LogP contribution in [0, 0.1) is 0 Å². The van der Waals surface area contributed by atoms with Gasteiger partial charge < -0.3 is 21.3 Å². The summed E-state index contributed by atoms with van der Waals surface area (Å²) in [5.41, 5.74) is 11.9. The van der Waals surface area contributed by atoms with E-state index < -0.39 is 0 Å². The van der Waals surface area contributed by atoms with Gasteiger partial charge in [-0.1, -0.05) is 11.3 Å². The molecule has 21 heavy (non-hydrogen) atoms. The van der Waals surface area contributed by atoms with E-state index in [2.05, 4.69) is 9.88 Å². The number of nitrogens with zero attached hydrogens (tertiary/aromatic N) is 3. The summed E-state index contributed by atoms with van der Waals surface area (Å²) in [6, 6.07) is 0.192. The van der Waals surface area contributed by atoms with Crippen LogP contribution in [0.5, 0.6) is 0 Å². The molecular formula is C13H21N5OS2. The molecule has 2 aliphatic heterocycles. The Balaban J connectivity index is 1.75. The Hall–Kier alpha value is -0.990. The van der Waals surface area contributed by atoms with Crippen LogP contribution in [0.3, 0.4) is 0 Å². The lowest BCUT2D eigenvalue weighted by Gasteiger charge is -2.19. The fourth-order valence-electron chi connectivity index (χ4n) is 2.66. The molecule has 1 aromatic rings. The fourth-order valence-corrected chi connectivity index (χ4v) is 4.54. The van der Waals surface area contributed by atoms with E-state index in [0.717, 1.165) is 55.7 Å². The molecule has 1 aromatic heterocycles. The number of carbonyl (C=O) groups excluding carboxylic acids is 1. The standard InChI is InChI=1S/C13H21N5OS2/c14-9-2-4-18(8-9)13-16-11(15)10(21-13)12(19)17-3-1-6-20-7-5-17/h9H,1-8,14-15H2. The van der Waals surface area contributed by atoms with Gasteiger partial charge in [-0.2, -0.15) is 11.8 Å². The number of amides is 1. The SMILES string of the molecule is Nc1nc(N2CCC(N)C2)sc1C(=O)N1CCCSCC1. The van der Waals surface area contributed by atoms with Crippen molar-refractivity contribution in [2.75, 3.05) is 48.3 Å². The van der Waals surface area contributed by atoms with Gasteiger partial charge in [0.1, 0.15) is 10.7 Å². The summed E-state index contributed by atoms with van der Waals surface area (Å²) in [4.78, 5) is 21.6. The fraction of sp³-hybridized carbons (Fsp3) is 0.692. The first-order valence-electron chi connectivity index (χ1n) is 7.29. The maximum absolute atomic E-state index is 12.6. The van der Waals surface area contributed by atoms with Crippen molar-refractivity contribution in [2.45, 2.75) is 18.9 Å². The lowest BCUT2D eigenvalue weighted by atomic mass is 10.3. The highest BCUT2D eigenvalue weighted by Gasteiger charge is 2.27. The van der Waals surface area contributed by atoms with Gasteiger partial charge >= 0.3 is 0 Å². The van der Waals surface area contributed by atoms with Gasteiger partial charge in [0.2, 0.25) is 0 Å². The Morgan fingerprint density at radius 1 is 1.29 bits per heavy atom. The average Bonchev–Trinajstić information content (AvgIpc) is 2.95. The summed E-state index contributed by atoms with van der Waals surface area (Å²) in [7, 11) is 0. The highest BCUT2D eigenvalue weighted by molar-refractivity contribution is 7.99. The van der Waals surface area contributed by atoms with Crippen molar-refractivity contribution in [1.82, 2.24) is 9.88 Å². The van der Waals surface area contributed by atoms with Crippen molar-refractivity contribution in [3.05, 3.63) is 4.88 Å². The van der Waals surface area contributed by atoms with Crippen LogP contribution in [0.25, 0.3) is 0 Å². The van der Waals surface area contributed by atoms with Crippen molar-refractivity contribution in [3.63, 3.8) is 0 Å². The Kier molecular flexibility index (Phi) is 4.56. The molecule has 0 bridgehead atoms. The highest BCUT2D eigenvalue weighted by atomic mass is 32.2. The number of aromatic nitrogens is 1. The van der Waals surface area contributed by atoms with E-state index in [0.29, 0.717) is 10.7 Å². The number of carbonyl (C=O) groups is 1. The normalized spacial score (nSPS) is 23.4. The number of rotatable bonds is 2. The molecule has 2 fully saturated rings. The van der Waals surface area contributed by atoms with Crippen molar-refractivity contribution in [1.29, 1.82) is 0 Å². The predicted octanol–water partition coefficient (Wildman–Crippen LogP) is 0.842. The Labute approximate surface area is 132 Å². The van der Waals surface area contributed by atoms with Crippen molar-refractivity contribution < 1.29 is 4.79 Å². The zero-order valence-electron chi connectivity index (χ0n) is 12.0. The lowest BCUT2D eigenvalue weighted by molar-refractivity contribution is 0.0774. The van der Waals surface area contributed by atoms with Gasteiger partial charge in [-0.05, 0) is 18.6 Å². The van der Waals surface area contributed by atoms with Crippen LogP contribution < -0.4 is 16.4 Å². The van der Waals surface area contributed by atoms with E-state index in [4.69, 9.17) is 11.5 Å². The molecule has 0 aromatic carbocycles. The van der Waals surface area contributed by atoms with E-state index in [1.165, 1.54) is 11.3 Å². The number of thiazole rings is 1. The van der Waals surface area contributed by atoms with Crippen LogP contribution in [0.2, 0.25) is 0 Å². The van der Waals surface area contributed by atoms with Crippen LogP contribution in [0.4, 0.5) is 10.9 Å². The van der Waals surface area contributed by atoms with Crippen LogP contribution >= 0.6 is 23.1 Å². The minimum atomic E-state index is 0.0299. The molecule has 3 heterocycles. The molecule has 1 atom stereocenters. The Bertz CT molecular complexity index is 513. The number of nitrogen functional groups attached to an aromatic ring is 1. The second-order valence-corrected chi connectivity index (χ2v) is 7.67. The first-order chi connectivity index (χ1) is 10.1. The average molecular weight is 327 g/mol. The van der Waals surface area contributed by atoms with Gasteiger partial charge in [0, 0.05) is 38.0 Å². The molecule has 1 amide bonds. The molecule has 0 spiro atoms. The smallest absolute Gasteiger partial charge is 0.267 e. The van der Waals surface area contributed by atoms with Gasteiger partial charge in [-0.25, -0.2) is 4.98 Å². The van der Waals surface area contributed by atoms with Gasteiger partial charge in [0.25, 0.3) is 5.91 Å². The maximum Gasteiger partial charge on any atom is 0.267 e. The number of thioether (sulfide) groups is 1. The summed E-state index contributed by atoms with van der Waals surface area (Å²) >= 11 is 3.31. The first-order valence-corrected chi connectivity index (χ1v) is 9.26. The summed E-state index contributed by atoms with van der Waals surface area (Å²) in [5.74, 6) is 2.51. The number of hydrogen-bond donors (Lipinski definition) is 2. The molecule has 4 N–H and O–H groups in total. The van der Waals surface area contributed by atoms with Crippen LogP contribution in [0.1, 0.15) is 22.5 Å². The van der Waals surface area contributed by atoms with Crippen molar-refractivity contribution in [3.8, 4) is 0 Å². The van der Waals surface area contributed by atoms with Gasteiger partial charge in [0.05, 0.1) is 0 Å². The quantitative estimate of drug-likeness (QED) is 0.837. The molecule has 0 saturated carbocycles. The van der Waals surface area contributed by atoms with Crippen LogP contribution in [0.15, 0.2) is 0 Å². The molecule has 1 unspecified atom stereocenters. The third-order valence-electron chi connectivity index (χ3n) is 3.84. The van der Waals surface area contributed by atoms with Crippen molar-refractivity contribution >= 4 is 40.0 Å². The highest BCUT2D eigenvalue weighted by Crippen LogP contribution is 2.31. The molecule has 2 aliphatic rings. The zero-order chi connectivity index (χ0) is 14.8. The van der Waals surface area contributed by atoms with Gasteiger partial charge in [-0.3, -0.25) is 4.79 Å². The third kappa shape index (κ3) is 3.27. The van der Waals surface area contributed by atoms with E-state index >= 15 is 0 Å². The summed E-state index contributed by atoms with van der Waals surface area (Å²) in [6.07, 6.45) is 2.01. The van der Waals surface area contributed by atoms with Crippen LogP contribution in [-0.4, -0.2) is 59.5 Å². The number of hydrogen-bond acceptors (Lipinski definition) is 7. The monoisotopic (exact) mass is 327 g/mol. The predicted molar refractivity (Wildman–Crippen MR) is 89.2 cm³/mol. The summed E-state index contributed by atoms with van der Waals surface area (Å²) in [5, 5.41) is 0.827. The topological polar surface area (TPSA) is 88.5 Å². The van der Waals surface area contributed by atoms with Crippen molar-refractivity contribution in [2.24, 2.45) is 5.73 Å². The third-order valence-corrected chi connectivity index (χ3v) is 6.01. The van der Waals surface area contributed by atoms with Crippen LogP contribution in [-0.2, 0) is 0 Å². The summed E-state index contributed by atoms with van der Waals surface area (Å²) < 4.78 is 0. The maximum atomic E-state index is 12.6. The molecule has 6 nitrogen and oxygen atoms in total. The molecule has 8 heteroatoms. The number of anilines is 2. The van der Waals surface area contributed by atoms with Gasteiger partial charge in [0.15, 0.2) is 5.13 Å². The second-order valence-electron chi connectivity index (χ2n) is 5.46.